The van der Waals surface area contributed by atoms with E-state index in [9.17, 15) is 9.18 Å². The number of nitrogens with zero attached hydrogens (tertiary/aromatic N) is 5. The summed E-state index contributed by atoms with van der Waals surface area (Å²) in [6.45, 7) is 2.16. The number of rotatable bonds is 10. The SMILES string of the molecule is NCCNCCNc1nc(Nc2ccnc(-n3cncn3)c2)c(C(N)=O)cc1F. The lowest BCUT2D eigenvalue weighted by Crippen LogP contribution is -2.28. The zero-order valence-electron chi connectivity index (χ0n) is 15.5. The van der Waals surface area contributed by atoms with E-state index in [1.807, 2.05) is 0 Å². The number of hydrogen-bond acceptors (Lipinski definition) is 9. The van der Waals surface area contributed by atoms with Gasteiger partial charge in [-0.3, -0.25) is 4.79 Å². The molecule has 0 aliphatic rings. The standard InChI is InChI=1S/C17H21FN10O/c18-13-8-12(15(20)29)16(27-17(13)24-6-5-21-4-2-19)26-11-1-3-23-14(7-11)28-10-22-9-25-28/h1,3,7-10,21H,2,4-6,19H2,(H2,20,29)(H2,23,24,26,27). The number of primary amides is 1. The summed E-state index contributed by atoms with van der Waals surface area (Å²) in [6.07, 6.45) is 4.43. The Balaban J connectivity index is 1.82. The second kappa shape index (κ2) is 9.52. The molecule has 0 aromatic carbocycles. The number of pyridine rings is 2. The van der Waals surface area contributed by atoms with Crippen molar-refractivity contribution in [2.75, 3.05) is 36.8 Å². The summed E-state index contributed by atoms with van der Waals surface area (Å²) in [5.41, 5.74) is 11.3. The summed E-state index contributed by atoms with van der Waals surface area (Å²) in [7, 11) is 0. The van der Waals surface area contributed by atoms with Crippen LogP contribution in [0.4, 0.5) is 21.7 Å². The molecule has 0 aliphatic carbocycles. The molecule has 0 aliphatic heterocycles. The van der Waals surface area contributed by atoms with Crippen LogP contribution >= 0.6 is 0 Å². The van der Waals surface area contributed by atoms with Crippen LogP contribution in [-0.2, 0) is 0 Å². The monoisotopic (exact) mass is 400 g/mol. The summed E-state index contributed by atoms with van der Waals surface area (Å²) in [6, 6.07) is 4.39. The highest BCUT2D eigenvalue weighted by Crippen LogP contribution is 2.24. The average Bonchev–Trinajstić information content (AvgIpc) is 3.25. The Morgan fingerprint density at radius 2 is 2.07 bits per heavy atom. The van der Waals surface area contributed by atoms with E-state index in [0.29, 0.717) is 37.7 Å². The van der Waals surface area contributed by atoms with Gasteiger partial charge in [0.1, 0.15) is 18.5 Å². The Labute approximate surface area is 165 Å². The molecule has 0 fully saturated rings. The molecular formula is C17H21FN10O. The quantitative estimate of drug-likeness (QED) is 0.295. The van der Waals surface area contributed by atoms with E-state index in [4.69, 9.17) is 11.5 Å². The van der Waals surface area contributed by atoms with Crippen LogP contribution in [0.3, 0.4) is 0 Å². The van der Waals surface area contributed by atoms with E-state index < -0.39 is 11.7 Å². The number of carbonyl (C=O) groups excluding carboxylic acids is 1. The zero-order valence-corrected chi connectivity index (χ0v) is 15.5. The van der Waals surface area contributed by atoms with Crippen molar-refractivity contribution in [2.45, 2.75) is 0 Å². The summed E-state index contributed by atoms with van der Waals surface area (Å²) in [5, 5.41) is 13.0. The first kappa shape index (κ1) is 20.1. The topological polar surface area (TPSA) is 162 Å². The number of anilines is 3. The van der Waals surface area contributed by atoms with Crippen molar-refractivity contribution in [3.63, 3.8) is 0 Å². The number of aromatic nitrogens is 5. The molecule has 3 heterocycles. The lowest BCUT2D eigenvalue weighted by atomic mass is 10.2. The van der Waals surface area contributed by atoms with Gasteiger partial charge in [-0.05, 0) is 12.1 Å². The van der Waals surface area contributed by atoms with Crippen molar-refractivity contribution in [2.24, 2.45) is 11.5 Å². The van der Waals surface area contributed by atoms with E-state index >= 15 is 0 Å². The average molecular weight is 400 g/mol. The Morgan fingerprint density at radius 1 is 1.21 bits per heavy atom. The van der Waals surface area contributed by atoms with Gasteiger partial charge in [-0.15, -0.1) is 0 Å². The van der Waals surface area contributed by atoms with Gasteiger partial charge in [0.15, 0.2) is 17.5 Å². The lowest BCUT2D eigenvalue weighted by molar-refractivity contribution is 0.100. The van der Waals surface area contributed by atoms with Crippen LogP contribution in [0, 0.1) is 5.82 Å². The smallest absolute Gasteiger partial charge is 0.252 e. The summed E-state index contributed by atoms with van der Waals surface area (Å²) >= 11 is 0. The van der Waals surface area contributed by atoms with E-state index in [1.165, 1.54) is 17.3 Å². The van der Waals surface area contributed by atoms with Crippen LogP contribution in [0.2, 0.25) is 0 Å². The molecule has 0 bridgehead atoms. The maximum Gasteiger partial charge on any atom is 0.252 e. The molecule has 11 nitrogen and oxygen atoms in total. The Hall–Kier alpha value is -3.64. The summed E-state index contributed by atoms with van der Waals surface area (Å²) < 4.78 is 15.8. The van der Waals surface area contributed by atoms with Gasteiger partial charge in [0.2, 0.25) is 0 Å². The molecule has 1 amide bonds. The van der Waals surface area contributed by atoms with Crippen molar-refractivity contribution in [1.82, 2.24) is 30.0 Å². The highest BCUT2D eigenvalue weighted by atomic mass is 19.1. The molecule has 7 N–H and O–H groups in total. The molecule has 3 rings (SSSR count). The Bertz CT molecular complexity index is 963. The third-order valence-electron chi connectivity index (χ3n) is 3.82. The first-order chi connectivity index (χ1) is 14.1. The predicted molar refractivity (Wildman–Crippen MR) is 106 cm³/mol. The fraction of sp³-hybridized carbons (Fsp3) is 0.235. The van der Waals surface area contributed by atoms with Gasteiger partial charge in [0.05, 0.1) is 5.56 Å². The van der Waals surface area contributed by atoms with Crippen molar-refractivity contribution in [1.29, 1.82) is 0 Å². The zero-order chi connectivity index (χ0) is 20.6. The molecule has 0 unspecified atom stereocenters. The maximum absolute atomic E-state index is 14.3. The molecule has 152 valence electrons. The normalized spacial score (nSPS) is 10.7. The Kier molecular flexibility index (Phi) is 6.60. The molecule has 0 saturated heterocycles. The molecule has 0 saturated carbocycles. The summed E-state index contributed by atoms with van der Waals surface area (Å²) in [4.78, 5) is 24.0. The first-order valence-corrected chi connectivity index (χ1v) is 8.81. The number of nitrogens with two attached hydrogens (primary N) is 2. The predicted octanol–water partition coefficient (Wildman–Crippen LogP) is -0.000900. The van der Waals surface area contributed by atoms with Crippen LogP contribution in [0.15, 0.2) is 37.1 Å². The van der Waals surface area contributed by atoms with Gasteiger partial charge in [-0.2, -0.15) is 5.10 Å². The molecular weight excluding hydrogens is 379 g/mol. The minimum Gasteiger partial charge on any atom is -0.366 e. The maximum atomic E-state index is 14.3. The minimum atomic E-state index is -0.805. The van der Waals surface area contributed by atoms with Crippen LogP contribution < -0.4 is 27.4 Å². The van der Waals surface area contributed by atoms with Gasteiger partial charge in [-0.25, -0.2) is 24.0 Å². The van der Waals surface area contributed by atoms with Crippen LogP contribution in [0.25, 0.3) is 5.82 Å². The van der Waals surface area contributed by atoms with E-state index in [2.05, 4.69) is 36.0 Å². The summed E-state index contributed by atoms with van der Waals surface area (Å²) in [5.74, 6) is -0.869. The number of hydrogen-bond donors (Lipinski definition) is 5. The molecule has 29 heavy (non-hydrogen) atoms. The third-order valence-corrected chi connectivity index (χ3v) is 3.82. The largest absolute Gasteiger partial charge is 0.366 e. The van der Waals surface area contributed by atoms with Crippen molar-refractivity contribution >= 4 is 23.2 Å². The van der Waals surface area contributed by atoms with Gasteiger partial charge in [-0.1, -0.05) is 0 Å². The number of amides is 1. The number of nitrogens with one attached hydrogen (secondary N) is 3. The van der Waals surface area contributed by atoms with E-state index in [1.54, 1.807) is 18.3 Å². The van der Waals surface area contributed by atoms with Crippen molar-refractivity contribution in [3.8, 4) is 5.82 Å². The van der Waals surface area contributed by atoms with Crippen molar-refractivity contribution in [3.05, 3.63) is 48.4 Å². The molecule has 12 heteroatoms. The second-order valence-electron chi connectivity index (χ2n) is 5.91. The minimum absolute atomic E-state index is 0.00222. The Morgan fingerprint density at radius 3 is 2.79 bits per heavy atom. The molecule has 3 aromatic rings. The highest BCUT2D eigenvalue weighted by Gasteiger charge is 2.16. The molecule has 0 radical (unpaired) electrons. The fourth-order valence-electron chi connectivity index (χ4n) is 2.48. The number of halogens is 1. The number of carbonyl (C=O) groups is 1. The lowest BCUT2D eigenvalue weighted by Gasteiger charge is -2.14. The first-order valence-electron chi connectivity index (χ1n) is 8.81. The molecule has 0 atom stereocenters. The van der Waals surface area contributed by atoms with Gasteiger partial charge in [0.25, 0.3) is 5.91 Å². The van der Waals surface area contributed by atoms with Gasteiger partial charge in [0, 0.05) is 44.1 Å². The third kappa shape index (κ3) is 5.21. The van der Waals surface area contributed by atoms with Crippen molar-refractivity contribution < 1.29 is 9.18 Å². The van der Waals surface area contributed by atoms with Crippen LogP contribution in [-0.4, -0.2) is 56.8 Å². The van der Waals surface area contributed by atoms with E-state index in [-0.39, 0.29) is 17.2 Å². The molecule has 0 spiro atoms. The second-order valence-corrected chi connectivity index (χ2v) is 5.91. The van der Waals surface area contributed by atoms with Gasteiger partial charge >= 0.3 is 0 Å². The van der Waals surface area contributed by atoms with Crippen LogP contribution in [0.1, 0.15) is 10.4 Å². The fourth-order valence-corrected chi connectivity index (χ4v) is 2.48. The highest BCUT2D eigenvalue weighted by molar-refractivity contribution is 5.98. The van der Waals surface area contributed by atoms with Crippen LogP contribution in [0.5, 0.6) is 0 Å². The van der Waals surface area contributed by atoms with E-state index in [0.717, 1.165) is 6.07 Å². The van der Waals surface area contributed by atoms with Gasteiger partial charge < -0.3 is 27.4 Å². The molecule has 3 aromatic heterocycles.